The summed E-state index contributed by atoms with van der Waals surface area (Å²) in [5.41, 5.74) is 0. The molecule has 0 unspecified atom stereocenters. The fraction of sp³-hybridized carbons (Fsp3) is 0.909. The van der Waals surface area contributed by atoms with E-state index in [1.807, 2.05) is 0 Å². The van der Waals surface area contributed by atoms with Crippen LogP contribution in [-0.4, -0.2) is 60.9 Å². The molecule has 2 fully saturated rings. The molecule has 2 heterocycles. The molecular formula is C11H18INO8S2. The van der Waals surface area contributed by atoms with Crippen LogP contribution in [0.25, 0.3) is 0 Å². The van der Waals surface area contributed by atoms with Crippen molar-refractivity contribution in [3.05, 3.63) is 0 Å². The van der Waals surface area contributed by atoms with Gasteiger partial charge >= 0.3 is 15.6 Å². The Morgan fingerprint density at radius 3 is 2.70 bits per heavy atom. The molecule has 2 aliphatic rings. The molecule has 0 aliphatic carbocycles. The third-order valence-corrected chi connectivity index (χ3v) is 5.57. The van der Waals surface area contributed by atoms with Crippen LogP contribution < -0.4 is 5.14 Å². The Balaban J connectivity index is 2.19. The second kappa shape index (κ2) is 6.90. The molecule has 134 valence electrons. The number of fused-ring (bicyclic) bond motifs is 1. The van der Waals surface area contributed by atoms with E-state index in [2.05, 4.69) is 26.8 Å². The highest BCUT2D eigenvalue weighted by Crippen LogP contribution is 2.45. The lowest BCUT2D eigenvalue weighted by Gasteiger charge is -2.41. The summed E-state index contributed by atoms with van der Waals surface area (Å²) in [7, 11) is -4.17. The fourth-order valence-electron chi connectivity index (χ4n) is 2.41. The lowest BCUT2D eigenvalue weighted by molar-refractivity contribution is -0.283. The number of halogens is 1. The summed E-state index contributed by atoms with van der Waals surface area (Å²) in [4.78, 5) is 11.5. The maximum atomic E-state index is 11.5. The van der Waals surface area contributed by atoms with E-state index < -0.39 is 46.0 Å². The maximum absolute atomic E-state index is 11.5. The van der Waals surface area contributed by atoms with Crippen LogP contribution in [0.1, 0.15) is 13.8 Å². The molecule has 0 bridgehead atoms. The second-order valence-corrected chi connectivity index (χ2v) is 8.87. The maximum Gasteiger partial charge on any atom is 0.367 e. The zero-order valence-electron chi connectivity index (χ0n) is 12.7. The van der Waals surface area contributed by atoms with Gasteiger partial charge in [-0.15, -0.1) is 0 Å². The van der Waals surface area contributed by atoms with Gasteiger partial charge in [0.15, 0.2) is 5.79 Å². The third kappa shape index (κ3) is 4.68. The molecule has 0 aromatic heterocycles. The van der Waals surface area contributed by atoms with E-state index in [1.165, 1.54) is 0 Å². The lowest BCUT2D eigenvalue weighted by Crippen LogP contribution is -2.60. The van der Waals surface area contributed by atoms with Gasteiger partial charge in [-0.2, -0.15) is 8.42 Å². The first kappa shape index (κ1) is 19.6. The van der Waals surface area contributed by atoms with Crippen LogP contribution in [0, 0.1) is 0 Å². The van der Waals surface area contributed by atoms with E-state index in [1.54, 1.807) is 20.1 Å². The molecule has 0 amide bonds. The van der Waals surface area contributed by atoms with Crippen molar-refractivity contribution < 1.29 is 36.3 Å². The van der Waals surface area contributed by atoms with E-state index in [0.717, 1.165) is 11.8 Å². The lowest BCUT2D eigenvalue weighted by atomic mass is 10.0. The van der Waals surface area contributed by atoms with Gasteiger partial charge in [-0.25, -0.2) is 9.93 Å². The van der Waals surface area contributed by atoms with Crippen molar-refractivity contribution >= 4 is 50.0 Å². The van der Waals surface area contributed by atoms with E-state index in [-0.39, 0.29) is 10.5 Å². The normalized spacial score (nSPS) is 36.5. The largest absolute Gasteiger partial charge is 0.451 e. The van der Waals surface area contributed by atoms with Crippen LogP contribution in [0.15, 0.2) is 0 Å². The van der Waals surface area contributed by atoms with Gasteiger partial charge in [-0.1, -0.05) is 22.6 Å². The molecule has 12 heteroatoms. The standard InChI is InChI=1S/C11H18INO8S2/c1-10(2)20-8-7(12)6(19-9(14)22-3)4-17-11(8,21-10)5-18-23(13,15)16/h6-8H,4-5H2,1-3H3,(H2,13,15,16)/t6-,7+,8-,11-/m0/s1. The molecule has 2 aliphatic heterocycles. The van der Waals surface area contributed by atoms with Gasteiger partial charge in [-0.3, -0.25) is 4.18 Å². The number of hydrogen-bond acceptors (Lipinski definition) is 9. The summed E-state index contributed by atoms with van der Waals surface area (Å²) in [6, 6.07) is 0. The molecule has 2 saturated heterocycles. The Hall–Kier alpha value is 0.300. The molecule has 0 spiro atoms. The molecule has 0 radical (unpaired) electrons. The monoisotopic (exact) mass is 483 g/mol. The summed E-state index contributed by atoms with van der Waals surface area (Å²) in [5.74, 6) is -2.46. The van der Waals surface area contributed by atoms with E-state index >= 15 is 0 Å². The Morgan fingerprint density at radius 2 is 2.13 bits per heavy atom. The molecule has 2 N–H and O–H groups in total. The Labute approximate surface area is 152 Å². The molecular weight excluding hydrogens is 465 g/mol. The van der Waals surface area contributed by atoms with Gasteiger partial charge in [0, 0.05) is 0 Å². The molecule has 23 heavy (non-hydrogen) atoms. The van der Waals surface area contributed by atoms with E-state index in [9.17, 15) is 13.2 Å². The second-order valence-electron chi connectivity index (χ2n) is 5.47. The van der Waals surface area contributed by atoms with E-state index in [4.69, 9.17) is 24.1 Å². The zero-order chi connectivity index (χ0) is 17.5. The molecule has 9 nitrogen and oxygen atoms in total. The van der Waals surface area contributed by atoms with Crippen LogP contribution in [0.5, 0.6) is 0 Å². The summed E-state index contributed by atoms with van der Waals surface area (Å²) < 4.78 is 49.0. The number of nitrogens with two attached hydrogens (primary N) is 1. The number of carbonyl (C=O) groups is 1. The smallest absolute Gasteiger partial charge is 0.367 e. The predicted molar refractivity (Wildman–Crippen MR) is 89.4 cm³/mol. The van der Waals surface area contributed by atoms with Gasteiger partial charge in [0.2, 0.25) is 5.79 Å². The van der Waals surface area contributed by atoms with Crippen molar-refractivity contribution in [2.45, 2.75) is 41.6 Å². The number of ether oxygens (including phenoxy) is 4. The van der Waals surface area contributed by atoms with Crippen LogP contribution in [-0.2, 0) is 33.4 Å². The van der Waals surface area contributed by atoms with Crippen molar-refractivity contribution in [1.29, 1.82) is 0 Å². The van der Waals surface area contributed by atoms with Crippen molar-refractivity contribution in [2.24, 2.45) is 5.14 Å². The van der Waals surface area contributed by atoms with Crippen LogP contribution in [0.4, 0.5) is 4.79 Å². The first-order valence-corrected chi connectivity index (χ1v) is 10.5. The molecule has 2 rings (SSSR count). The Bertz CT molecular complexity index is 570. The minimum Gasteiger partial charge on any atom is -0.451 e. The predicted octanol–water partition coefficient (Wildman–Crippen LogP) is 0.756. The molecule has 4 atom stereocenters. The number of rotatable bonds is 4. The quantitative estimate of drug-likeness (QED) is 0.351. The summed E-state index contributed by atoms with van der Waals surface area (Å²) in [6.45, 7) is 2.89. The fourth-order valence-corrected chi connectivity index (χ4v) is 4.01. The Kier molecular flexibility index (Phi) is 5.88. The van der Waals surface area contributed by atoms with Gasteiger partial charge in [-0.05, 0) is 31.9 Å². The summed E-state index contributed by atoms with van der Waals surface area (Å²) in [6.07, 6.45) is 0.352. The number of carbonyl (C=O) groups excluding carboxylic acids is 1. The van der Waals surface area contributed by atoms with E-state index in [0.29, 0.717) is 0 Å². The summed E-state index contributed by atoms with van der Waals surface area (Å²) >= 11 is 3.01. The SMILES string of the molecule is CSC(=O)O[C@H]1CO[C@@]2(COS(N)(=O)=O)OC(C)(C)O[C@H]2[C@@H]1I. The van der Waals surface area contributed by atoms with Crippen molar-refractivity contribution in [3.8, 4) is 0 Å². The number of hydrogen-bond donors (Lipinski definition) is 1. The molecule has 0 aromatic rings. The number of thioether (sulfide) groups is 1. The molecule has 0 saturated carbocycles. The van der Waals surface area contributed by atoms with Crippen LogP contribution in [0.2, 0.25) is 0 Å². The summed E-state index contributed by atoms with van der Waals surface area (Å²) in [5, 5.41) is 4.43. The van der Waals surface area contributed by atoms with Gasteiger partial charge in [0.05, 0.1) is 10.5 Å². The van der Waals surface area contributed by atoms with Gasteiger partial charge < -0.3 is 18.9 Å². The first-order valence-electron chi connectivity index (χ1n) is 6.56. The van der Waals surface area contributed by atoms with Crippen molar-refractivity contribution in [2.75, 3.05) is 19.5 Å². The van der Waals surface area contributed by atoms with Gasteiger partial charge in [0.25, 0.3) is 0 Å². The minimum atomic E-state index is -4.17. The van der Waals surface area contributed by atoms with Crippen molar-refractivity contribution in [3.63, 3.8) is 0 Å². The highest BCUT2D eigenvalue weighted by atomic mass is 127. The molecule has 0 aromatic carbocycles. The van der Waals surface area contributed by atoms with Crippen LogP contribution >= 0.6 is 34.4 Å². The third-order valence-electron chi connectivity index (χ3n) is 3.24. The topological polar surface area (TPSA) is 123 Å². The minimum absolute atomic E-state index is 0.0177. The Morgan fingerprint density at radius 1 is 1.48 bits per heavy atom. The van der Waals surface area contributed by atoms with Crippen LogP contribution in [0.3, 0.4) is 0 Å². The number of alkyl halides is 1. The van der Waals surface area contributed by atoms with Gasteiger partial charge in [0.1, 0.15) is 18.8 Å². The first-order chi connectivity index (χ1) is 10.5. The average molecular weight is 483 g/mol. The van der Waals surface area contributed by atoms with Crippen molar-refractivity contribution in [1.82, 2.24) is 0 Å². The average Bonchev–Trinajstić information content (AvgIpc) is 2.71. The zero-order valence-corrected chi connectivity index (χ0v) is 16.5. The highest BCUT2D eigenvalue weighted by Gasteiger charge is 2.62. The highest BCUT2D eigenvalue weighted by molar-refractivity contribution is 14.1.